The van der Waals surface area contributed by atoms with Gasteiger partial charge in [0.05, 0.1) is 6.10 Å². The maximum atomic E-state index is 11.6. The van der Waals surface area contributed by atoms with E-state index >= 15 is 0 Å². The minimum atomic E-state index is 0.240. The van der Waals surface area contributed by atoms with Crippen LogP contribution in [0.15, 0.2) is 0 Å². The van der Waals surface area contributed by atoms with Crippen molar-refractivity contribution < 1.29 is 9.53 Å². The second-order valence-corrected chi connectivity index (χ2v) is 6.07. The number of rotatable bonds is 3. The number of carbonyl (C=O) groups excluding carboxylic acids is 1. The zero-order valence-corrected chi connectivity index (χ0v) is 11.8. The smallest absolute Gasteiger partial charge is 0.220 e. The van der Waals surface area contributed by atoms with E-state index in [4.69, 9.17) is 4.74 Å². The lowest BCUT2D eigenvalue weighted by Gasteiger charge is -2.43. The summed E-state index contributed by atoms with van der Waals surface area (Å²) in [5.74, 6) is 0.962. The van der Waals surface area contributed by atoms with E-state index in [9.17, 15) is 4.79 Å². The summed E-state index contributed by atoms with van der Waals surface area (Å²) in [5.41, 5.74) is 0.323. The molecule has 0 bridgehead atoms. The first kappa shape index (κ1) is 13.9. The molecule has 0 aromatic rings. The first-order chi connectivity index (χ1) is 8.70. The Labute approximate surface area is 111 Å². The second kappa shape index (κ2) is 6.05. The first-order valence-corrected chi connectivity index (χ1v) is 7.49. The highest BCUT2D eigenvalue weighted by Gasteiger charge is 2.40. The Balaban J connectivity index is 2.07. The lowest BCUT2D eigenvalue weighted by atomic mass is 9.64. The molecule has 18 heavy (non-hydrogen) atoms. The molecular weight excluding hydrogens is 226 g/mol. The van der Waals surface area contributed by atoms with Crippen LogP contribution in [0.2, 0.25) is 0 Å². The topological polar surface area (TPSA) is 38.3 Å². The molecule has 1 amide bonds. The summed E-state index contributed by atoms with van der Waals surface area (Å²) < 4.78 is 5.57. The van der Waals surface area contributed by atoms with Crippen molar-refractivity contribution >= 4 is 5.91 Å². The SMILES string of the molecule is CCC1(C2CCCC(OC)C2)CCCC(=O)NC1. The first-order valence-electron chi connectivity index (χ1n) is 7.49. The summed E-state index contributed by atoms with van der Waals surface area (Å²) in [7, 11) is 1.83. The lowest BCUT2D eigenvalue weighted by Crippen LogP contribution is -2.42. The van der Waals surface area contributed by atoms with Crippen molar-refractivity contribution in [3.63, 3.8) is 0 Å². The van der Waals surface area contributed by atoms with E-state index in [0.717, 1.165) is 18.9 Å². The van der Waals surface area contributed by atoms with Crippen LogP contribution in [0.25, 0.3) is 0 Å². The molecule has 1 aliphatic carbocycles. The Morgan fingerprint density at radius 1 is 1.39 bits per heavy atom. The predicted octanol–water partition coefficient (Wildman–Crippen LogP) is 2.89. The van der Waals surface area contributed by atoms with Crippen molar-refractivity contribution in [3.05, 3.63) is 0 Å². The van der Waals surface area contributed by atoms with Gasteiger partial charge in [-0.1, -0.05) is 13.3 Å². The van der Waals surface area contributed by atoms with Gasteiger partial charge in [-0.2, -0.15) is 0 Å². The standard InChI is InChI=1S/C15H27NO2/c1-3-15(9-5-8-14(17)16-11-15)12-6-4-7-13(10-12)18-2/h12-13H,3-11H2,1-2H3,(H,16,17). The zero-order chi connectivity index (χ0) is 13.0. The van der Waals surface area contributed by atoms with Crippen molar-refractivity contribution in [1.29, 1.82) is 0 Å². The van der Waals surface area contributed by atoms with Gasteiger partial charge in [-0.15, -0.1) is 0 Å². The van der Waals surface area contributed by atoms with E-state index in [2.05, 4.69) is 12.2 Å². The number of amides is 1. The van der Waals surface area contributed by atoms with Gasteiger partial charge < -0.3 is 10.1 Å². The van der Waals surface area contributed by atoms with E-state index < -0.39 is 0 Å². The molecule has 0 aromatic heterocycles. The highest BCUT2D eigenvalue weighted by molar-refractivity contribution is 5.76. The summed E-state index contributed by atoms with van der Waals surface area (Å²) in [6, 6.07) is 0. The van der Waals surface area contributed by atoms with Gasteiger partial charge in [0.1, 0.15) is 0 Å². The molecule has 1 heterocycles. The third-order valence-electron chi connectivity index (χ3n) is 5.25. The van der Waals surface area contributed by atoms with Crippen molar-refractivity contribution in [2.45, 2.75) is 64.4 Å². The number of hydrogen-bond donors (Lipinski definition) is 1. The van der Waals surface area contributed by atoms with Crippen LogP contribution < -0.4 is 5.32 Å². The predicted molar refractivity (Wildman–Crippen MR) is 72.3 cm³/mol. The van der Waals surface area contributed by atoms with Crippen molar-refractivity contribution in [2.24, 2.45) is 11.3 Å². The summed E-state index contributed by atoms with van der Waals surface area (Å²) in [4.78, 5) is 11.6. The molecule has 1 aliphatic heterocycles. The molecule has 104 valence electrons. The third-order valence-corrected chi connectivity index (χ3v) is 5.25. The van der Waals surface area contributed by atoms with Crippen molar-refractivity contribution in [1.82, 2.24) is 5.32 Å². The van der Waals surface area contributed by atoms with E-state index in [1.165, 1.54) is 38.5 Å². The Kier molecular flexibility index (Phi) is 4.66. The van der Waals surface area contributed by atoms with Gasteiger partial charge in [-0.25, -0.2) is 0 Å². The molecule has 0 spiro atoms. The van der Waals surface area contributed by atoms with Gasteiger partial charge in [0.15, 0.2) is 0 Å². The number of methoxy groups -OCH3 is 1. The Bertz CT molecular complexity index is 292. The maximum Gasteiger partial charge on any atom is 0.220 e. The van der Waals surface area contributed by atoms with E-state index in [1.807, 2.05) is 7.11 Å². The largest absolute Gasteiger partial charge is 0.381 e. The molecule has 3 atom stereocenters. The van der Waals surface area contributed by atoms with Crippen LogP contribution in [-0.4, -0.2) is 25.7 Å². The number of ether oxygens (including phenoxy) is 1. The highest BCUT2D eigenvalue weighted by atomic mass is 16.5. The van der Waals surface area contributed by atoms with Gasteiger partial charge in [0, 0.05) is 20.1 Å². The number of carbonyl (C=O) groups is 1. The highest BCUT2D eigenvalue weighted by Crippen LogP contribution is 2.45. The van der Waals surface area contributed by atoms with Crippen LogP contribution in [0.5, 0.6) is 0 Å². The molecule has 2 fully saturated rings. The third kappa shape index (κ3) is 2.87. The minimum absolute atomic E-state index is 0.240. The van der Waals surface area contributed by atoms with Crippen LogP contribution in [0.4, 0.5) is 0 Å². The van der Waals surface area contributed by atoms with Gasteiger partial charge >= 0.3 is 0 Å². The molecule has 2 rings (SSSR count). The zero-order valence-electron chi connectivity index (χ0n) is 11.8. The molecule has 0 aromatic carbocycles. The van der Waals surface area contributed by atoms with Crippen molar-refractivity contribution in [3.8, 4) is 0 Å². The molecule has 3 nitrogen and oxygen atoms in total. The van der Waals surface area contributed by atoms with Crippen LogP contribution >= 0.6 is 0 Å². The van der Waals surface area contributed by atoms with Crippen LogP contribution in [0.3, 0.4) is 0 Å². The monoisotopic (exact) mass is 253 g/mol. The second-order valence-electron chi connectivity index (χ2n) is 6.07. The summed E-state index contributed by atoms with van der Waals surface area (Å²) in [6.45, 7) is 3.16. The Morgan fingerprint density at radius 2 is 2.22 bits per heavy atom. The molecule has 1 saturated heterocycles. The maximum absolute atomic E-state index is 11.6. The van der Waals surface area contributed by atoms with Crippen LogP contribution in [0.1, 0.15) is 58.3 Å². The molecule has 3 unspecified atom stereocenters. The average Bonchev–Trinajstić information content (AvgIpc) is 2.61. The number of nitrogens with one attached hydrogen (secondary N) is 1. The molecular formula is C15H27NO2. The van der Waals surface area contributed by atoms with Crippen LogP contribution in [-0.2, 0) is 9.53 Å². The fourth-order valence-corrected chi connectivity index (χ4v) is 3.91. The summed E-state index contributed by atoms with van der Waals surface area (Å²) in [6.07, 6.45) is 9.54. The molecule has 1 N–H and O–H groups in total. The molecule has 0 radical (unpaired) electrons. The lowest BCUT2D eigenvalue weighted by molar-refractivity contribution is -0.121. The fourth-order valence-electron chi connectivity index (χ4n) is 3.91. The van der Waals surface area contributed by atoms with E-state index in [-0.39, 0.29) is 5.91 Å². The van der Waals surface area contributed by atoms with Gasteiger partial charge in [0.25, 0.3) is 0 Å². The normalized spacial score (nSPS) is 38.0. The summed E-state index contributed by atoms with van der Waals surface area (Å²) >= 11 is 0. The van der Waals surface area contributed by atoms with E-state index in [0.29, 0.717) is 17.9 Å². The van der Waals surface area contributed by atoms with Crippen LogP contribution in [0, 0.1) is 11.3 Å². The molecule has 2 aliphatic rings. The minimum Gasteiger partial charge on any atom is -0.381 e. The molecule has 1 saturated carbocycles. The number of hydrogen-bond acceptors (Lipinski definition) is 2. The van der Waals surface area contributed by atoms with Crippen molar-refractivity contribution in [2.75, 3.05) is 13.7 Å². The fraction of sp³-hybridized carbons (Fsp3) is 0.933. The molecule has 3 heteroatoms. The average molecular weight is 253 g/mol. The van der Waals surface area contributed by atoms with Gasteiger partial charge in [-0.3, -0.25) is 4.79 Å². The summed E-state index contributed by atoms with van der Waals surface area (Å²) in [5, 5.41) is 3.14. The van der Waals surface area contributed by atoms with Gasteiger partial charge in [0.2, 0.25) is 5.91 Å². The Hall–Kier alpha value is -0.570. The van der Waals surface area contributed by atoms with E-state index in [1.54, 1.807) is 0 Å². The quantitative estimate of drug-likeness (QED) is 0.840. The van der Waals surface area contributed by atoms with Gasteiger partial charge in [-0.05, 0) is 49.9 Å². The Morgan fingerprint density at radius 3 is 2.94 bits per heavy atom.